The summed E-state index contributed by atoms with van der Waals surface area (Å²) in [6.45, 7) is 8.47. The largest absolute Gasteiger partial charge is 0.441 e. The number of hydrogen-bond acceptors (Lipinski definition) is 2. The van der Waals surface area contributed by atoms with Gasteiger partial charge in [0.15, 0.2) is 0 Å². The van der Waals surface area contributed by atoms with Crippen LogP contribution in [0.5, 0.6) is 0 Å². The zero-order valence-corrected chi connectivity index (χ0v) is 14.1. The molecule has 2 N–H and O–H groups in total. The molecular formula is C20H23NO2. The average Bonchev–Trinajstić information content (AvgIpc) is 2.71. The third-order valence-electron chi connectivity index (χ3n) is 4.86. The van der Waals surface area contributed by atoms with E-state index in [0.717, 1.165) is 12.0 Å². The maximum Gasteiger partial charge on any atom is 0.405 e. The Labute approximate surface area is 137 Å². The number of rotatable bonds is 2. The summed E-state index contributed by atoms with van der Waals surface area (Å²) in [7, 11) is 0. The number of primary amides is 1. The SMILES string of the molecule is Cc1ccc(-c2ccc3c(c2)CC(C)(C)C3OC(N)=O)cc1C. The fraction of sp³-hybridized carbons (Fsp3) is 0.350. The standard InChI is InChI=1S/C20H23NO2/c1-12-5-6-14(9-13(12)2)15-7-8-17-16(10-15)11-20(3,4)18(17)23-19(21)22/h5-10,18H,11H2,1-4H3,(H2,21,22). The molecule has 3 nitrogen and oxygen atoms in total. The summed E-state index contributed by atoms with van der Waals surface area (Å²) < 4.78 is 5.37. The lowest BCUT2D eigenvalue weighted by Crippen LogP contribution is -2.25. The number of fused-ring (bicyclic) bond motifs is 1. The van der Waals surface area contributed by atoms with Crippen molar-refractivity contribution in [1.82, 2.24) is 0 Å². The number of amides is 1. The van der Waals surface area contributed by atoms with Crippen molar-refractivity contribution < 1.29 is 9.53 Å². The molecule has 3 rings (SSSR count). The topological polar surface area (TPSA) is 52.3 Å². The molecular weight excluding hydrogens is 286 g/mol. The maximum absolute atomic E-state index is 11.2. The highest BCUT2D eigenvalue weighted by molar-refractivity contribution is 5.68. The second-order valence-corrected chi connectivity index (χ2v) is 7.19. The Morgan fingerprint density at radius 2 is 1.74 bits per heavy atom. The summed E-state index contributed by atoms with van der Waals surface area (Å²) in [4.78, 5) is 11.2. The minimum absolute atomic E-state index is 0.140. The Hall–Kier alpha value is -2.29. The van der Waals surface area contributed by atoms with Crippen LogP contribution in [0.25, 0.3) is 11.1 Å². The zero-order valence-electron chi connectivity index (χ0n) is 14.1. The molecule has 0 saturated heterocycles. The van der Waals surface area contributed by atoms with Gasteiger partial charge in [-0.15, -0.1) is 0 Å². The van der Waals surface area contributed by atoms with Gasteiger partial charge in [0.25, 0.3) is 0 Å². The Kier molecular flexibility index (Phi) is 3.67. The van der Waals surface area contributed by atoms with Crippen molar-refractivity contribution in [3.63, 3.8) is 0 Å². The second-order valence-electron chi connectivity index (χ2n) is 7.19. The number of carbonyl (C=O) groups is 1. The number of benzene rings is 2. The Morgan fingerprint density at radius 1 is 1.09 bits per heavy atom. The summed E-state index contributed by atoms with van der Waals surface area (Å²) in [5.41, 5.74) is 12.4. The molecule has 0 bridgehead atoms. The normalized spacial score (nSPS) is 18.5. The maximum atomic E-state index is 11.2. The van der Waals surface area contributed by atoms with Gasteiger partial charge in [-0.1, -0.05) is 50.2 Å². The zero-order chi connectivity index (χ0) is 16.8. The molecule has 0 aliphatic heterocycles. The van der Waals surface area contributed by atoms with Crippen LogP contribution >= 0.6 is 0 Å². The van der Waals surface area contributed by atoms with Gasteiger partial charge < -0.3 is 10.5 Å². The first-order valence-electron chi connectivity index (χ1n) is 7.94. The van der Waals surface area contributed by atoms with E-state index in [1.807, 2.05) is 0 Å². The Morgan fingerprint density at radius 3 is 2.39 bits per heavy atom. The minimum atomic E-state index is -0.714. The van der Waals surface area contributed by atoms with Crippen LogP contribution in [0.1, 0.15) is 42.2 Å². The lowest BCUT2D eigenvalue weighted by Gasteiger charge is -2.26. The third kappa shape index (κ3) is 2.83. The van der Waals surface area contributed by atoms with E-state index in [1.54, 1.807) is 0 Å². The molecule has 2 aromatic rings. The molecule has 1 amide bonds. The molecule has 0 fully saturated rings. The van der Waals surface area contributed by atoms with E-state index in [9.17, 15) is 4.79 Å². The molecule has 1 atom stereocenters. The van der Waals surface area contributed by atoms with E-state index in [1.165, 1.54) is 27.8 Å². The predicted octanol–water partition coefficient (Wildman–Crippen LogP) is 4.69. The highest BCUT2D eigenvalue weighted by atomic mass is 16.6. The Bertz CT molecular complexity index is 777. The van der Waals surface area contributed by atoms with Gasteiger partial charge in [0.05, 0.1) is 0 Å². The van der Waals surface area contributed by atoms with Gasteiger partial charge in [-0.25, -0.2) is 4.79 Å². The van der Waals surface area contributed by atoms with Crippen molar-refractivity contribution in [3.8, 4) is 11.1 Å². The van der Waals surface area contributed by atoms with Gasteiger partial charge >= 0.3 is 6.09 Å². The Balaban J connectivity index is 2.01. The quantitative estimate of drug-likeness (QED) is 0.875. The van der Waals surface area contributed by atoms with E-state index < -0.39 is 6.09 Å². The fourth-order valence-corrected chi connectivity index (χ4v) is 3.46. The molecule has 1 aliphatic rings. The van der Waals surface area contributed by atoms with Gasteiger partial charge in [0.1, 0.15) is 6.10 Å². The fourth-order valence-electron chi connectivity index (χ4n) is 3.46. The smallest absolute Gasteiger partial charge is 0.405 e. The summed E-state index contributed by atoms with van der Waals surface area (Å²) >= 11 is 0. The molecule has 0 saturated carbocycles. The van der Waals surface area contributed by atoms with Crippen LogP contribution in [-0.4, -0.2) is 6.09 Å². The number of carbonyl (C=O) groups excluding carboxylic acids is 1. The first-order chi connectivity index (χ1) is 10.8. The summed E-state index contributed by atoms with van der Waals surface area (Å²) in [6.07, 6.45) is -0.114. The van der Waals surface area contributed by atoms with Crippen molar-refractivity contribution in [1.29, 1.82) is 0 Å². The predicted molar refractivity (Wildman–Crippen MR) is 92.2 cm³/mol. The first-order valence-corrected chi connectivity index (χ1v) is 7.94. The highest BCUT2D eigenvalue weighted by Gasteiger charge is 2.41. The van der Waals surface area contributed by atoms with Crippen LogP contribution in [0.3, 0.4) is 0 Å². The van der Waals surface area contributed by atoms with Crippen LogP contribution in [0.15, 0.2) is 36.4 Å². The lowest BCUT2D eigenvalue weighted by atomic mass is 9.87. The molecule has 0 spiro atoms. The van der Waals surface area contributed by atoms with Crippen molar-refractivity contribution in [2.24, 2.45) is 11.1 Å². The van der Waals surface area contributed by atoms with Gasteiger partial charge in [0, 0.05) is 5.41 Å². The van der Waals surface area contributed by atoms with Crippen molar-refractivity contribution in [3.05, 3.63) is 58.7 Å². The molecule has 0 radical (unpaired) electrons. The molecule has 3 heteroatoms. The van der Waals surface area contributed by atoms with Crippen LogP contribution in [0, 0.1) is 19.3 Å². The van der Waals surface area contributed by atoms with E-state index in [4.69, 9.17) is 10.5 Å². The second kappa shape index (κ2) is 5.41. The van der Waals surface area contributed by atoms with Crippen molar-refractivity contribution >= 4 is 6.09 Å². The lowest BCUT2D eigenvalue weighted by molar-refractivity contribution is 0.0392. The van der Waals surface area contributed by atoms with E-state index >= 15 is 0 Å². The number of ether oxygens (including phenoxy) is 1. The van der Waals surface area contributed by atoms with Crippen molar-refractivity contribution in [2.75, 3.05) is 0 Å². The molecule has 2 aromatic carbocycles. The van der Waals surface area contributed by atoms with E-state index in [0.29, 0.717) is 0 Å². The van der Waals surface area contributed by atoms with Gasteiger partial charge in [0.2, 0.25) is 0 Å². The van der Waals surface area contributed by atoms with E-state index in [2.05, 4.69) is 64.1 Å². The monoisotopic (exact) mass is 309 g/mol. The third-order valence-corrected chi connectivity index (χ3v) is 4.86. The summed E-state index contributed by atoms with van der Waals surface area (Å²) in [6, 6.07) is 12.9. The van der Waals surface area contributed by atoms with Crippen LogP contribution in [-0.2, 0) is 11.2 Å². The van der Waals surface area contributed by atoms with E-state index in [-0.39, 0.29) is 11.5 Å². The molecule has 120 valence electrons. The van der Waals surface area contributed by atoms with Gasteiger partial charge in [-0.3, -0.25) is 0 Å². The van der Waals surface area contributed by atoms with Crippen LogP contribution in [0.2, 0.25) is 0 Å². The highest BCUT2D eigenvalue weighted by Crippen LogP contribution is 2.48. The minimum Gasteiger partial charge on any atom is -0.441 e. The molecule has 0 aromatic heterocycles. The summed E-state index contributed by atoms with van der Waals surface area (Å²) in [5, 5.41) is 0. The molecule has 0 heterocycles. The number of nitrogens with two attached hydrogens (primary N) is 1. The molecule has 1 unspecified atom stereocenters. The summed E-state index contributed by atoms with van der Waals surface area (Å²) in [5.74, 6) is 0. The number of hydrogen-bond donors (Lipinski definition) is 1. The molecule has 1 aliphatic carbocycles. The van der Waals surface area contributed by atoms with Gasteiger partial charge in [-0.05, 0) is 53.6 Å². The van der Waals surface area contributed by atoms with Crippen LogP contribution in [0.4, 0.5) is 4.79 Å². The van der Waals surface area contributed by atoms with Crippen molar-refractivity contribution in [2.45, 2.75) is 40.2 Å². The van der Waals surface area contributed by atoms with Gasteiger partial charge in [-0.2, -0.15) is 0 Å². The molecule has 23 heavy (non-hydrogen) atoms. The first kappa shape index (κ1) is 15.6. The number of aryl methyl sites for hydroxylation is 2. The average molecular weight is 309 g/mol. The van der Waals surface area contributed by atoms with Crippen LogP contribution < -0.4 is 5.73 Å².